The lowest BCUT2D eigenvalue weighted by molar-refractivity contribution is 0.106. The normalized spacial score (nSPS) is 33.2. The van der Waals surface area contributed by atoms with E-state index in [1.165, 1.54) is 5.57 Å². The number of fused-ring (bicyclic) bond motifs is 3. The number of allylic oxidation sites excluding steroid dienone is 1. The number of hydrogen-bond acceptors (Lipinski definition) is 5. The Morgan fingerprint density at radius 1 is 0.970 bits per heavy atom. The van der Waals surface area contributed by atoms with Crippen LogP contribution in [0.25, 0.3) is 0 Å². The van der Waals surface area contributed by atoms with Gasteiger partial charge in [-0.25, -0.2) is 0 Å². The molecule has 5 nitrogen and oxygen atoms in total. The Kier molecular flexibility index (Phi) is 5.70. The second-order valence-corrected chi connectivity index (χ2v) is 12.0. The second kappa shape index (κ2) is 7.89. The number of phenolic OH excluding ortho intramolecular Hbond substituents is 3. The lowest BCUT2D eigenvalue weighted by atomic mass is 9.60. The van der Waals surface area contributed by atoms with Crippen molar-refractivity contribution in [1.29, 1.82) is 0 Å². The minimum Gasteiger partial charge on any atom is -0.507 e. The van der Waals surface area contributed by atoms with E-state index in [1.54, 1.807) is 0 Å². The third kappa shape index (κ3) is 3.33. The third-order valence-corrected chi connectivity index (χ3v) is 9.63. The molecule has 0 spiro atoms. The van der Waals surface area contributed by atoms with E-state index in [2.05, 4.69) is 41.2 Å². The molecule has 5 heteroatoms. The molecule has 0 heterocycles. The van der Waals surface area contributed by atoms with Crippen molar-refractivity contribution < 1.29 is 24.9 Å². The number of carbonyl (C=O) groups is 2. The average Bonchev–Trinajstić information content (AvgIpc) is 3.16. The summed E-state index contributed by atoms with van der Waals surface area (Å²) in [6.07, 6.45) is 5.57. The van der Waals surface area contributed by atoms with Crippen molar-refractivity contribution in [3.05, 3.63) is 28.8 Å². The van der Waals surface area contributed by atoms with Crippen molar-refractivity contribution in [3.63, 3.8) is 0 Å². The van der Waals surface area contributed by atoms with Crippen molar-refractivity contribution in [1.82, 2.24) is 0 Å². The van der Waals surface area contributed by atoms with Crippen LogP contribution in [0.3, 0.4) is 0 Å². The van der Waals surface area contributed by atoms with Crippen LogP contribution >= 0.6 is 0 Å². The molecular weight excluding hydrogens is 416 g/mol. The van der Waals surface area contributed by atoms with Crippen molar-refractivity contribution >= 4 is 12.6 Å². The van der Waals surface area contributed by atoms with Crippen LogP contribution in [0.1, 0.15) is 98.9 Å². The average molecular weight is 455 g/mol. The molecule has 1 aromatic rings. The molecule has 0 unspecified atom stereocenters. The Hall–Kier alpha value is -2.30. The summed E-state index contributed by atoms with van der Waals surface area (Å²) in [5, 5.41) is 32.6. The molecule has 33 heavy (non-hydrogen) atoms. The van der Waals surface area contributed by atoms with Gasteiger partial charge in [0.25, 0.3) is 0 Å². The molecule has 0 aliphatic heterocycles. The highest BCUT2D eigenvalue weighted by molar-refractivity contribution is 5.95. The van der Waals surface area contributed by atoms with E-state index in [0.29, 0.717) is 42.7 Å². The maximum Gasteiger partial charge on any atom is 0.157 e. The van der Waals surface area contributed by atoms with Gasteiger partial charge in [0.15, 0.2) is 12.6 Å². The predicted octanol–water partition coefficient (Wildman–Crippen LogP) is 6.21. The summed E-state index contributed by atoms with van der Waals surface area (Å²) < 4.78 is 0. The topological polar surface area (TPSA) is 94.8 Å². The first-order chi connectivity index (χ1) is 15.4. The molecule has 0 saturated heterocycles. The highest BCUT2D eigenvalue weighted by Gasteiger charge is 2.68. The van der Waals surface area contributed by atoms with E-state index in [-0.39, 0.29) is 39.4 Å². The molecule has 3 fully saturated rings. The Labute approximate surface area is 196 Å². The van der Waals surface area contributed by atoms with Crippen LogP contribution in [0, 0.1) is 40.4 Å². The summed E-state index contributed by atoms with van der Waals surface area (Å²) in [5.74, 6) is 0.453. The summed E-state index contributed by atoms with van der Waals surface area (Å²) in [7, 11) is 0. The molecule has 0 amide bonds. The fraction of sp³-hybridized carbons (Fsp3) is 0.643. The first-order valence-corrected chi connectivity index (χ1v) is 12.3. The van der Waals surface area contributed by atoms with Gasteiger partial charge >= 0.3 is 0 Å². The van der Waals surface area contributed by atoms with Gasteiger partial charge < -0.3 is 15.3 Å². The second-order valence-electron chi connectivity index (χ2n) is 12.0. The van der Waals surface area contributed by atoms with Crippen LogP contribution in [-0.2, 0) is 0 Å². The molecule has 0 radical (unpaired) electrons. The Balaban J connectivity index is 1.93. The van der Waals surface area contributed by atoms with Gasteiger partial charge in [-0.2, -0.15) is 0 Å². The van der Waals surface area contributed by atoms with Crippen LogP contribution in [0.4, 0.5) is 0 Å². The van der Waals surface area contributed by atoms with Crippen LogP contribution in [-0.4, -0.2) is 27.9 Å². The first kappa shape index (κ1) is 23.8. The quantitative estimate of drug-likeness (QED) is 0.351. The highest BCUT2D eigenvalue weighted by Crippen LogP contribution is 2.75. The van der Waals surface area contributed by atoms with Crippen LogP contribution < -0.4 is 0 Å². The Morgan fingerprint density at radius 3 is 2.06 bits per heavy atom. The van der Waals surface area contributed by atoms with Crippen molar-refractivity contribution in [3.8, 4) is 17.2 Å². The number of hydrogen-bond donors (Lipinski definition) is 3. The van der Waals surface area contributed by atoms with E-state index >= 15 is 0 Å². The standard InChI is InChI=1S/C28H38O5/c1-14(2)11-20(21-25(32)17(12-29)24(31)18(13-30)26(21)33)28(6)10-9-16-15(3)7-8-19-23(22(16)28)27(19,4)5/h12-14,16,19-20,22-23,31-33H,3,7-11H2,1-2,4-6H3/t16-,19+,20+,22+,23+,28+/m0/s1. The smallest absolute Gasteiger partial charge is 0.157 e. The van der Waals surface area contributed by atoms with E-state index in [9.17, 15) is 24.9 Å². The number of aldehydes is 2. The summed E-state index contributed by atoms with van der Waals surface area (Å²) in [6.45, 7) is 15.6. The number of carbonyl (C=O) groups excluding carboxylic acids is 2. The zero-order valence-electron chi connectivity index (χ0n) is 20.5. The van der Waals surface area contributed by atoms with E-state index in [4.69, 9.17) is 0 Å². The molecule has 6 atom stereocenters. The molecule has 4 rings (SSSR count). The van der Waals surface area contributed by atoms with E-state index in [0.717, 1.165) is 25.7 Å². The molecule has 180 valence electrons. The van der Waals surface area contributed by atoms with Gasteiger partial charge in [-0.1, -0.05) is 46.8 Å². The van der Waals surface area contributed by atoms with Gasteiger partial charge in [0.2, 0.25) is 0 Å². The third-order valence-electron chi connectivity index (χ3n) is 9.63. The summed E-state index contributed by atoms with van der Waals surface area (Å²) in [5.41, 5.74) is 0.887. The number of rotatable bonds is 6. The zero-order chi connectivity index (χ0) is 24.5. The molecule has 3 N–H and O–H groups in total. The number of benzene rings is 1. The minimum absolute atomic E-state index is 0.235. The molecule has 3 saturated carbocycles. The number of aromatic hydroxyl groups is 3. The SMILES string of the molecule is C=C1CC[C@@H]2[C@H]([C@H]3[C@H]1CC[C@]3(C)[C@H](CC(C)C)c1c(O)c(C=O)c(O)c(C=O)c1O)C2(C)C. The Bertz CT molecular complexity index is 971. The predicted molar refractivity (Wildman–Crippen MR) is 128 cm³/mol. The molecular formula is C28H38O5. The molecule has 0 bridgehead atoms. The number of phenols is 3. The lowest BCUT2D eigenvalue weighted by Crippen LogP contribution is -2.36. The van der Waals surface area contributed by atoms with Crippen molar-refractivity contribution in [2.24, 2.45) is 40.4 Å². The highest BCUT2D eigenvalue weighted by atomic mass is 16.3. The van der Waals surface area contributed by atoms with E-state index in [1.807, 2.05) is 0 Å². The van der Waals surface area contributed by atoms with Gasteiger partial charge in [-0.05, 0) is 78.4 Å². The fourth-order valence-electron chi connectivity index (χ4n) is 7.89. The van der Waals surface area contributed by atoms with Crippen LogP contribution in [0.2, 0.25) is 0 Å². The molecule has 1 aromatic carbocycles. The van der Waals surface area contributed by atoms with Crippen LogP contribution in [0.5, 0.6) is 17.2 Å². The largest absolute Gasteiger partial charge is 0.507 e. The lowest BCUT2D eigenvalue weighted by Gasteiger charge is -2.44. The van der Waals surface area contributed by atoms with Crippen LogP contribution in [0.15, 0.2) is 12.2 Å². The zero-order valence-corrected chi connectivity index (χ0v) is 20.5. The van der Waals surface area contributed by atoms with Crippen molar-refractivity contribution in [2.75, 3.05) is 0 Å². The monoisotopic (exact) mass is 454 g/mol. The minimum atomic E-state index is -0.664. The maximum atomic E-state index is 11.8. The molecule has 3 aliphatic rings. The molecule has 0 aromatic heterocycles. The van der Waals surface area contributed by atoms with Gasteiger partial charge in [-0.3, -0.25) is 9.59 Å². The van der Waals surface area contributed by atoms with E-state index < -0.39 is 17.2 Å². The van der Waals surface area contributed by atoms with Gasteiger partial charge in [0.05, 0.1) is 11.1 Å². The van der Waals surface area contributed by atoms with Gasteiger partial charge in [-0.15, -0.1) is 0 Å². The maximum absolute atomic E-state index is 11.8. The summed E-state index contributed by atoms with van der Waals surface area (Å²) in [4.78, 5) is 23.5. The Morgan fingerprint density at radius 2 is 1.55 bits per heavy atom. The first-order valence-electron chi connectivity index (χ1n) is 12.3. The van der Waals surface area contributed by atoms with Gasteiger partial charge in [0, 0.05) is 5.56 Å². The summed E-state index contributed by atoms with van der Waals surface area (Å²) in [6, 6.07) is 0. The van der Waals surface area contributed by atoms with Crippen molar-refractivity contribution in [2.45, 2.75) is 72.6 Å². The molecule has 3 aliphatic carbocycles. The fourth-order valence-corrected chi connectivity index (χ4v) is 7.89. The summed E-state index contributed by atoms with van der Waals surface area (Å²) >= 11 is 0. The van der Waals surface area contributed by atoms with Gasteiger partial charge in [0.1, 0.15) is 17.2 Å².